The van der Waals surface area contributed by atoms with Crippen LogP contribution in [0.1, 0.15) is 10.4 Å². The number of carbonyl (C=O) groups excluding carboxylic acids is 1. The number of halogens is 1. The van der Waals surface area contributed by atoms with Gasteiger partial charge in [-0.3, -0.25) is 9.78 Å². The molecule has 3 rings (SSSR count). The van der Waals surface area contributed by atoms with Gasteiger partial charge in [-0.1, -0.05) is 18.2 Å². The molecule has 0 aliphatic heterocycles. The number of pyridine rings is 2. The summed E-state index contributed by atoms with van der Waals surface area (Å²) in [6.45, 7) is 0. The number of carbonyl (C=O) groups is 1. The lowest BCUT2D eigenvalue weighted by Gasteiger charge is -2.07. The molecule has 0 bridgehead atoms. The van der Waals surface area contributed by atoms with Gasteiger partial charge in [0, 0.05) is 17.8 Å². The molecule has 98 valence electrons. The summed E-state index contributed by atoms with van der Waals surface area (Å²) in [5.41, 5.74) is 1.61. The first-order valence-electron chi connectivity index (χ1n) is 6.01. The molecule has 0 unspecified atom stereocenters. The first kappa shape index (κ1) is 12.2. The van der Waals surface area contributed by atoms with Gasteiger partial charge < -0.3 is 5.32 Å². The van der Waals surface area contributed by atoms with E-state index >= 15 is 0 Å². The van der Waals surface area contributed by atoms with Gasteiger partial charge in [0.25, 0.3) is 5.91 Å². The van der Waals surface area contributed by atoms with Crippen molar-refractivity contribution in [1.29, 1.82) is 0 Å². The molecule has 0 aliphatic carbocycles. The monoisotopic (exact) mass is 267 g/mol. The predicted octanol–water partition coefficient (Wildman–Crippen LogP) is 3.02. The van der Waals surface area contributed by atoms with Gasteiger partial charge in [0.15, 0.2) is 0 Å². The number of nitrogens with one attached hydrogen (secondary N) is 1. The average molecular weight is 267 g/mol. The normalized spacial score (nSPS) is 10.4. The number of benzene rings is 1. The van der Waals surface area contributed by atoms with Crippen LogP contribution in [-0.4, -0.2) is 15.9 Å². The highest BCUT2D eigenvalue weighted by atomic mass is 19.1. The second-order valence-electron chi connectivity index (χ2n) is 4.20. The van der Waals surface area contributed by atoms with Gasteiger partial charge in [-0.05, 0) is 24.3 Å². The van der Waals surface area contributed by atoms with Crippen molar-refractivity contribution < 1.29 is 9.18 Å². The Bertz CT molecular complexity index is 766. The first-order valence-corrected chi connectivity index (χ1v) is 6.01. The maximum absolute atomic E-state index is 12.7. The number of rotatable bonds is 2. The largest absolute Gasteiger partial charge is 0.320 e. The number of aromatic nitrogens is 2. The molecular formula is C15H10FN3O. The molecule has 0 atom stereocenters. The molecule has 1 amide bonds. The van der Waals surface area contributed by atoms with Gasteiger partial charge >= 0.3 is 0 Å². The second kappa shape index (κ2) is 5.05. The molecule has 0 radical (unpaired) electrons. The van der Waals surface area contributed by atoms with Crippen molar-refractivity contribution in [3.63, 3.8) is 0 Å². The molecule has 0 spiro atoms. The van der Waals surface area contributed by atoms with Crippen molar-refractivity contribution in [2.75, 3.05) is 5.32 Å². The van der Waals surface area contributed by atoms with Gasteiger partial charge in [-0.25, -0.2) is 4.98 Å². The van der Waals surface area contributed by atoms with Gasteiger partial charge in [-0.15, -0.1) is 0 Å². The summed E-state index contributed by atoms with van der Waals surface area (Å²) in [7, 11) is 0. The van der Waals surface area contributed by atoms with E-state index in [1.807, 2.05) is 24.3 Å². The SMILES string of the molecule is O=C(Nc1cccc2cccnc12)c1ccc(F)nc1. The van der Waals surface area contributed by atoms with Crippen LogP contribution in [0.15, 0.2) is 54.9 Å². The van der Waals surface area contributed by atoms with Gasteiger partial charge in [0.2, 0.25) is 5.95 Å². The second-order valence-corrected chi connectivity index (χ2v) is 4.20. The molecule has 3 aromatic rings. The molecule has 0 aliphatic rings. The minimum absolute atomic E-state index is 0.291. The van der Waals surface area contributed by atoms with E-state index in [2.05, 4.69) is 15.3 Å². The summed E-state index contributed by atoms with van der Waals surface area (Å²) in [6.07, 6.45) is 2.86. The maximum Gasteiger partial charge on any atom is 0.257 e. The van der Waals surface area contributed by atoms with Gasteiger partial charge in [0.05, 0.1) is 16.8 Å². The average Bonchev–Trinajstić information content (AvgIpc) is 2.48. The summed E-state index contributed by atoms with van der Waals surface area (Å²) in [5, 5.41) is 3.69. The first-order chi connectivity index (χ1) is 9.74. The molecule has 0 saturated carbocycles. The molecule has 2 aromatic heterocycles. The number of anilines is 1. The highest BCUT2D eigenvalue weighted by Gasteiger charge is 2.09. The summed E-state index contributed by atoms with van der Waals surface area (Å²) >= 11 is 0. The minimum atomic E-state index is -0.617. The van der Waals surface area contributed by atoms with Crippen molar-refractivity contribution in [1.82, 2.24) is 9.97 Å². The Kier molecular flexibility index (Phi) is 3.09. The topological polar surface area (TPSA) is 54.9 Å². The zero-order valence-electron chi connectivity index (χ0n) is 10.4. The van der Waals surface area contributed by atoms with Crippen LogP contribution in [0.5, 0.6) is 0 Å². The summed E-state index contributed by atoms with van der Waals surface area (Å²) in [6, 6.07) is 11.8. The van der Waals surface area contributed by atoms with Crippen LogP contribution in [0.4, 0.5) is 10.1 Å². The highest BCUT2D eigenvalue weighted by Crippen LogP contribution is 2.21. The van der Waals surface area contributed by atoms with Crippen molar-refractivity contribution in [2.45, 2.75) is 0 Å². The van der Waals surface area contributed by atoms with Crippen molar-refractivity contribution in [3.05, 3.63) is 66.4 Å². The molecular weight excluding hydrogens is 257 g/mol. The van der Waals surface area contributed by atoms with E-state index in [1.54, 1.807) is 12.3 Å². The fraction of sp³-hybridized carbons (Fsp3) is 0. The third kappa shape index (κ3) is 2.33. The zero-order valence-corrected chi connectivity index (χ0v) is 10.4. The standard InChI is InChI=1S/C15H10FN3O/c16-13-7-6-11(9-18-13)15(20)19-12-5-1-3-10-4-2-8-17-14(10)12/h1-9H,(H,19,20). The quantitative estimate of drug-likeness (QED) is 0.726. The smallest absolute Gasteiger partial charge is 0.257 e. The van der Waals surface area contributed by atoms with Crippen molar-refractivity contribution >= 4 is 22.5 Å². The van der Waals surface area contributed by atoms with Crippen LogP contribution in [0.2, 0.25) is 0 Å². The molecule has 0 fully saturated rings. The fourth-order valence-corrected chi connectivity index (χ4v) is 1.91. The Morgan fingerprint density at radius 3 is 2.70 bits per heavy atom. The van der Waals surface area contributed by atoms with Crippen molar-refractivity contribution in [2.24, 2.45) is 0 Å². The number of amides is 1. The number of nitrogens with zero attached hydrogens (tertiary/aromatic N) is 2. The number of fused-ring (bicyclic) bond motifs is 1. The third-order valence-electron chi connectivity index (χ3n) is 2.87. The Morgan fingerprint density at radius 1 is 1.05 bits per heavy atom. The van der Waals surface area contributed by atoms with Crippen LogP contribution < -0.4 is 5.32 Å². The molecule has 1 N–H and O–H groups in total. The number of hydrogen-bond donors (Lipinski definition) is 1. The molecule has 4 nitrogen and oxygen atoms in total. The van der Waals surface area contributed by atoms with E-state index in [9.17, 15) is 9.18 Å². The lowest BCUT2D eigenvalue weighted by Crippen LogP contribution is -2.12. The van der Waals surface area contributed by atoms with E-state index in [-0.39, 0.29) is 5.91 Å². The maximum atomic E-state index is 12.7. The highest BCUT2D eigenvalue weighted by molar-refractivity contribution is 6.08. The Labute approximate surface area is 114 Å². The lowest BCUT2D eigenvalue weighted by molar-refractivity contribution is 0.102. The molecule has 0 saturated heterocycles. The van der Waals surface area contributed by atoms with E-state index in [0.717, 1.165) is 11.5 Å². The van der Waals surface area contributed by atoms with E-state index in [1.165, 1.54) is 12.3 Å². The van der Waals surface area contributed by atoms with Crippen LogP contribution in [0.25, 0.3) is 10.9 Å². The lowest BCUT2D eigenvalue weighted by atomic mass is 10.2. The predicted molar refractivity (Wildman–Crippen MR) is 73.9 cm³/mol. The van der Waals surface area contributed by atoms with Crippen molar-refractivity contribution in [3.8, 4) is 0 Å². The van der Waals surface area contributed by atoms with E-state index < -0.39 is 5.95 Å². The summed E-state index contributed by atoms with van der Waals surface area (Å²) in [5.74, 6) is -0.968. The van der Waals surface area contributed by atoms with Gasteiger partial charge in [-0.2, -0.15) is 4.39 Å². The molecule has 1 aromatic carbocycles. The minimum Gasteiger partial charge on any atom is -0.320 e. The van der Waals surface area contributed by atoms with E-state index in [0.29, 0.717) is 16.8 Å². The van der Waals surface area contributed by atoms with Crippen LogP contribution in [0.3, 0.4) is 0 Å². The van der Waals surface area contributed by atoms with Crippen LogP contribution in [-0.2, 0) is 0 Å². The molecule has 20 heavy (non-hydrogen) atoms. The number of para-hydroxylation sites is 1. The Hall–Kier alpha value is -2.82. The Balaban J connectivity index is 1.93. The van der Waals surface area contributed by atoms with Gasteiger partial charge in [0.1, 0.15) is 0 Å². The molecule has 5 heteroatoms. The third-order valence-corrected chi connectivity index (χ3v) is 2.87. The summed E-state index contributed by atoms with van der Waals surface area (Å²) < 4.78 is 12.7. The zero-order chi connectivity index (χ0) is 13.9. The summed E-state index contributed by atoms with van der Waals surface area (Å²) in [4.78, 5) is 19.8. The molecule has 2 heterocycles. The van der Waals surface area contributed by atoms with E-state index in [4.69, 9.17) is 0 Å². The van der Waals surface area contributed by atoms with Crippen LogP contribution in [0, 0.1) is 5.95 Å². The fourth-order valence-electron chi connectivity index (χ4n) is 1.91. The Morgan fingerprint density at radius 2 is 1.90 bits per heavy atom. The number of hydrogen-bond acceptors (Lipinski definition) is 3. The van der Waals surface area contributed by atoms with Crippen LogP contribution >= 0.6 is 0 Å².